The second-order valence-corrected chi connectivity index (χ2v) is 5.95. The summed E-state index contributed by atoms with van der Waals surface area (Å²) < 4.78 is 6.90. The van der Waals surface area contributed by atoms with Gasteiger partial charge in [-0.2, -0.15) is 0 Å². The topological polar surface area (TPSA) is 52.0 Å². The number of halogens is 1. The molecule has 0 saturated heterocycles. The summed E-state index contributed by atoms with van der Waals surface area (Å²) in [5.74, 6) is 2.05. The molecule has 3 nitrogen and oxygen atoms in total. The minimum Gasteiger partial charge on any atom is -0.439 e. The van der Waals surface area contributed by atoms with Crippen LogP contribution in [-0.4, -0.2) is 11.5 Å². The molecule has 1 saturated carbocycles. The van der Waals surface area contributed by atoms with Crippen LogP contribution in [0, 0.1) is 5.92 Å². The van der Waals surface area contributed by atoms with Crippen LogP contribution in [0.2, 0.25) is 0 Å². The minimum absolute atomic E-state index is 0.465. The van der Waals surface area contributed by atoms with Crippen LogP contribution in [0.5, 0.6) is 0 Å². The first-order valence-electron chi connectivity index (χ1n) is 6.53. The Kier molecular flexibility index (Phi) is 3.39. The van der Waals surface area contributed by atoms with Crippen LogP contribution in [0.4, 0.5) is 0 Å². The summed E-state index contributed by atoms with van der Waals surface area (Å²) in [7, 11) is 0. The summed E-state index contributed by atoms with van der Waals surface area (Å²) in [5.41, 5.74) is 7.54. The lowest BCUT2D eigenvalue weighted by molar-refractivity contribution is 0.301. The van der Waals surface area contributed by atoms with Crippen LogP contribution < -0.4 is 5.73 Å². The lowest BCUT2D eigenvalue weighted by Gasteiger charge is -2.25. The number of nitrogens with zero attached hydrogens (tertiary/aromatic N) is 1. The van der Waals surface area contributed by atoms with E-state index in [1.807, 2.05) is 18.2 Å². The van der Waals surface area contributed by atoms with Gasteiger partial charge in [0.25, 0.3) is 0 Å². The predicted octanol–water partition coefficient (Wildman–Crippen LogP) is 3.82. The third-order valence-corrected chi connectivity index (χ3v) is 4.54. The first-order chi connectivity index (χ1) is 8.78. The van der Waals surface area contributed by atoms with Crippen LogP contribution in [0.1, 0.15) is 37.5 Å². The Morgan fingerprint density at radius 1 is 1.28 bits per heavy atom. The fraction of sp³-hybridized carbons (Fsp3) is 0.500. The van der Waals surface area contributed by atoms with Gasteiger partial charge in [0.05, 0.1) is 4.47 Å². The maximum atomic E-state index is 5.92. The van der Waals surface area contributed by atoms with E-state index in [-0.39, 0.29) is 0 Å². The van der Waals surface area contributed by atoms with Gasteiger partial charge in [-0.1, -0.05) is 6.07 Å². The second-order valence-electron chi connectivity index (χ2n) is 5.09. The molecule has 1 aromatic heterocycles. The molecule has 1 aliphatic carbocycles. The Morgan fingerprint density at radius 2 is 2.06 bits per heavy atom. The molecule has 0 spiro atoms. The number of hydrogen-bond donors (Lipinski definition) is 1. The van der Waals surface area contributed by atoms with E-state index in [9.17, 15) is 0 Å². The van der Waals surface area contributed by atoms with Gasteiger partial charge in [0, 0.05) is 5.92 Å². The Balaban J connectivity index is 1.85. The van der Waals surface area contributed by atoms with Crippen molar-refractivity contribution in [2.75, 3.05) is 6.54 Å². The van der Waals surface area contributed by atoms with Gasteiger partial charge < -0.3 is 10.2 Å². The second kappa shape index (κ2) is 5.02. The van der Waals surface area contributed by atoms with E-state index < -0.39 is 0 Å². The molecule has 18 heavy (non-hydrogen) atoms. The average molecular weight is 309 g/mol. The zero-order valence-corrected chi connectivity index (χ0v) is 11.8. The van der Waals surface area contributed by atoms with E-state index in [2.05, 4.69) is 20.9 Å². The Bertz CT molecular complexity index is 544. The van der Waals surface area contributed by atoms with Crippen molar-refractivity contribution in [1.82, 2.24) is 4.98 Å². The maximum Gasteiger partial charge on any atom is 0.198 e. The number of hydrogen-bond acceptors (Lipinski definition) is 3. The highest BCUT2D eigenvalue weighted by molar-refractivity contribution is 9.10. The van der Waals surface area contributed by atoms with E-state index in [0.717, 1.165) is 40.8 Å². The normalized spacial score (nSPS) is 24.6. The molecule has 0 bridgehead atoms. The van der Waals surface area contributed by atoms with Crippen LogP contribution in [0.15, 0.2) is 27.1 Å². The minimum atomic E-state index is 0.465. The van der Waals surface area contributed by atoms with Crippen molar-refractivity contribution in [3.63, 3.8) is 0 Å². The van der Waals surface area contributed by atoms with Crippen LogP contribution in [0.25, 0.3) is 11.1 Å². The van der Waals surface area contributed by atoms with Gasteiger partial charge in [0.1, 0.15) is 5.52 Å². The fourth-order valence-electron chi connectivity index (χ4n) is 2.75. The summed E-state index contributed by atoms with van der Waals surface area (Å²) in [6, 6.07) is 5.98. The van der Waals surface area contributed by atoms with Gasteiger partial charge in [0.2, 0.25) is 0 Å². The molecule has 1 aliphatic rings. The Hall–Kier alpha value is -0.870. The molecule has 0 unspecified atom stereocenters. The van der Waals surface area contributed by atoms with Crippen molar-refractivity contribution < 1.29 is 4.42 Å². The molecule has 2 N–H and O–H groups in total. The quantitative estimate of drug-likeness (QED) is 0.917. The molecule has 0 aliphatic heterocycles. The van der Waals surface area contributed by atoms with Crippen molar-refractivity contribution in [1.29, 1.82) is 0 Å². The van der Waals surface area contributed by atoms with E-state index in [4.69, 9.17) is 10.2 Å². The van der Waals surface area contributed by atoms with Gasteiger partial charge in [-0.15, -0.1) is 0 Å². The first kappa shape index (κ1) is 12.2. The molecule has 96 valence electrons. The van der Waals surface area contributed by atoms with Gasteiger partial charge in [-0.3, -0.25) is 0 Å². The Morgan fingerprint density at radius 3 is 2.72 bits per heavy atom. The molecular weight excluding hydrogens is 292 g/mol. The zero-order chi connectivity index (χ0) is 12.5. The standard InChI is InChI=1S/C14H17BrN2O/c15-11-2-1-3-12-13(11)18-14(17-12)10-6-4-9(8-16)5-7-10/h1-3,9-10H,4-8,16H2. The van der Waals surface area contributed by atoms with Gasteiger partial charge >= 0.3 is 0 Å². The molecule has 0 radical (unpaired) electrons. The first-order valence-corrected chi connectivity index (χ1v) is 7.32. The van der Waals surface area contributed by atoms with Crippen LogP contribution >= 0.6 is 15.9 Å². The lowest BCUT2D eigenvalue weighted by atomic mass is 9.82. The molecule has 0 atom stereocenters. The fourth-order valence-corrected chi connectivity index (χ4v) is 3.19. The number of nitrogens with two attached hydrogens (primary N) is 1. The summed E-state index contributed by atoms with van der Waals surface area (Å²) >= 11 is 3.50. The smallest absolute Gasteiger partial charge is 0.198 e. The Labute approximate surface area is 115 Å². The van der Waals surface area contributed by atoms with Crippen molar-refractivity contribution >= 4 is 27.0 Å². The summed E-state index contributed by atoms with van der Waals surface area (Å²) in [6.45, 7) is 0.811. The van der Waals surface area contributed by atoms with Gasteiger partial charge in [-0.25, -0.2) is 4.98 Å². The highest BCUT2D eigenvalue weighted by atomic mass is 79.9. The monoisotopic (exact) mass is 308 g/mol. The number of para-hydroxylation sites is 1. The number of rotatable bonds is 2. The van der Waals surface area contributed by atoms with E-state index >= 15 is 0 Å². The zero-order valence-electron chi connectivity index (χ0n) is 10.2. The number of fused-ring (bicyclic) bond motifs is 1. The van der Waals surface area contributed by atoms with Crippen LogP contribution in [0.3, 0.4) is 0 Å². The van der Waals surface area contributed by atoms with Crippen molar-refractivity contribution in [2.24, 2.45) is 11.7 Å². The van der Waals surface area contributed by atoms with Gasteiger partial charge in [-0.05, 0) is 66.2 Å². The van der Waals surface area contributed by atoms with E-state index in [1.165, 1.54) is 12.8 Å². The van der Waals surface area contributed by atoms with Crippen molar-refractivity contribution in [2.45, 2.75) is 31.6 Å². The van der Waals surface area contributed by atoms with Crippen LogP contribution in [-0.2, 0) is 0 Å². The lowest BCUT2D eigenvalue weighted by Crippen LogP contribution is -2.20. The molecule has 2 aromatic rings. The highest BCUT2D eigenvalue weighted by Crippen LogP contribution is 2.37. The number of aromatic nitrogens is 1. The molecule has 4 heteroatoms. The summed E-state index contributed by atoms with van der Waals surface area (Å²) in [6.07, 6.45) is 4.68. The van der Waals surface area contributed by atoms with Crippen molar-refractivity contribution in [3.05, 3.63) is 28.6 Å². The third-order valence-electron chi connectivity index (χ3n) is 3.91. The molecular formula is C14H17BrN2O. The predicted molar refractivity (Wildman–Crippen MR) is 75.5 cm³/mol. The van der Waals surface area contributed by atoms with E-state index in [1.54, 1.807) is 0 Å². The molecule has 3 rings (SSSR count). The summed E-state index contributed by atoms with van der Waals surface area (Å²) in [4.78, 5) is 4.62. The molecule has 0 amide bonds. The summed E-state index contributed by atoms with van der Waals surface area (Å²) in [5, 5.41) is 0. The third kappa shape index (κ3) is 2.19. The number of oxazole rings is 1. The van der Waals surface area contributed by atoms with Gasteiger partial charge in [0.15, 0.2) is 11.5 Å². The molecule has 1 aromatic carbocycles. The highest BCUT2D eigenvalue weighted by Gasteiger charge is 2.25. The van der Waals surface area contributed by atoms with Crippen molar-refractivity contribution in [3.8, 4) is 0 Å². The van der Waals surface area contributed by atoms with E-state index in [0.29, 0.717) is 11.8 Å². The SMILES string of the molecule is NCC1CCC(c2nc3cccc(Br)c3o2)CC1. The average Bonchev–Trinajstić information content (AvgIpc) is 2.84. The largest absolute Gasteiger partial charge is 0.439 e. The molecule has 1 heterocycles. The number of benzene rings is 1. The molecule has 1 fully saturated rings. The maximum absolute atomic E-state index is 5.92.